The summed E-state index contributed by atoms with van der Waals surface area (Å²) in [5, 5.41) is 0.735. The van der Waals surface area contributed by atoms with Crippen LogP contribution in [0.5, 0.6) is 11.5 Å². The molecule has 1 aromatic carbocycles. The van der Waals surface area contributed by atoms with Crippen molar-refractivity contribution in [3.63, 3.8) is 0 Å². The maximum Gasteiger partial charge on any atom is 0.306 e. The fourth-order valence-electron chi connectivity index (χ4n) is 2.82. The van der Waals surface area contributed by atoms with Gasteiger partial charge in [-0.3, -0.25) is 9.59 Å². The van der Waals surface area contributed by atoms with Crippen molar-refractivity contribution >= 4 is 23.2 Å². The molecule has 1 aromatic heterocycles. The molecule has 0 saturated heterocycles. The molecule has 0 bridgehead atoms. The smallest absolute Gasteiger partial charge is 0.306 e. The van der Waals surface area contributed by atoms with Gasteiger partial charge >= 0.3 is 5.97 Å². The molecule has 0 aliphatic carbocycles. The minimum absolute atomic E-state index is 0.110. The Labute approximate surface area is 182 Å². The molecule has 0 atom stereocenters. The van der Waals surface area contributed by atoms with Crippen LogP contribution in [0.3, 0.4) is 0 Å². The van der Waals surface area contributed by atoms with Gasteiger partial charge in [0.2, 0.25) is 0 Å². The molecular formula is C22H30N2O5S. The van der Waals surface area contributed by atoms with Gasteiger partial charge in [-0.15, -0.1) is 11.3 Å². The van der Waals surface area contributed by atoms with Gasteiger partial charge in [-0.2, -0.15) is 0 Å². The summed E-state index contributed by atoms with van der Waals surface area (Å²) in [5.41, 5.74) is 1.03. The highest BCUT2D eigenvalue weighted by Gasteiger charge is 2.21. The lowest BCUT2D eigenvalue weighted by molar-refractivity contribution is -0.154. The normalized spacial score (nSPS) is 11.2. The molecular weight excluding hydrogens is 404 g/mol. The van der Waals surface area contributed by atoms with Crippen molar-refractivity contribution in [2.75, 3.05) is 27.8 Å². The first kappa shape index (κ1) is 23.7. The van der Waals surface area contributed by atoms with Crippen molar-refractivity contribution in [1.82, 2.24) is 9.88 Å². The van der Waals surface area contributed by atoms with Crippen LogP contribution in [0.15, 0.2) is 18.2 Å². The summed E-state index contributed by atoms with van der Waals surface area (Å²) in [6.07, 6.45) is 0.811. The number of thiazole rings is 1. The van der Waals surface area contributed by atoms with Crippen LogP contribution in [0.25, 0.3) is 10.6 Å². The first-order valence-electron chi connectivity index (χ1n) is 9.73. The van der Waals surface area contributed by atoms with Crippen molar-refractivity contribution in [2.24, 2.45) is 0 Å². The summed E-state index contributed by atoms with van der Waals surface area (Å²) < 4.78 is 15.9. The first-order chi connectivity index (χ1) is 14.1. The molecule has 0 spiro atoms. The van der Waals surface area contributed by atoms with Crippen LogP contribution in [0, 0.1) is 6.92 Å². The third-order valence-corrected chi connectivity index (χ3v) is 5.46. The molecule has 0 unspecified atom stereocenters. The minimum atomic E-state index is -0.501. The largest absolute Gasteiger partial charge is 0.493 e. The first-order valence-corrected chi connectivity index (χ1v) is 10.5. The number of ether oxygens (including phenoxy) is 3. The zero-order valence-corrected chi connectivity index (χ0v) is 19.5. The van der Waals surface area contributed by atoms with E-state index in [1.165, 1.54) is 11.3 Å². The van der Waals surface area contributed by atoms with Gasteiger partial charge in [-0.25, -0.2) is 4.98 Å². The van der Waals surface area contributed by atoms with Crippen LogP contribution >= 0.6 is 11.3 Å². The van der Waals surface area contributed by atoms with E-state index in [0.717, 1.165) is 10.6 Å². The molecule has 0 aliphatic rings. The van der Waals surface area contributed by atoms with E-state index >= 15 is 0 Å². The van der Waals surface area contributed by atoms with Crippen molar-refractivity contribution in [3.8, 4) is 22.1 Å². The zero-order valence-electron chi connectivity index (χ0n) is 18.7. The van der Waals surface area contributed by atoms with Gasteiger partial charge in [0.1, 0.15) is 15.5 Å². The molecule has 164 valence electrons. The quantitative estimate of drug-likeness (QED) is 0.576. The van der Waals surface area contributed by atoms with Gasteiger partial charge in [0.05, 0.1) is 19.9 Å². The number of aryl methyl sites for hydroxylation is 1. The number of hydrogen-bond donors (Lipinski definition) is 0. The number of nitrogens with zero attached hydrogens (tertiary/aromatic N) is 2. The SMILES string of the molecule is COc1ccc(-c2nc(C)c(C(=O)N(C)CCCC(=O)OC(C)(C)C)s2)cc1OC. The molecule has 0 saturated carbocycles. The Hall–Kier alpha value is -2.61. The van der Waals surface area contributed by atoms with Crippen LogP contribution in [0.2, 0.25) is 0 Å². The van der Waals surface area contributed by atoms with Gasteiger partial charge in [0.25, 0.3) is 5.91 Å². The number of benzene rings is 1. The van der Waals surface area contributed by atoms with Crippen molar-refractivity contribution in [2.45, 2.75) is 46.1 Å². The Kier molecular flexibility index (Phi) is 7.83. The lowest BCUT2D eigenvalue weighted by Gasteiger charge is -2.20. The summed E-state index contributed by atoms with van der Waals surface area (Å²) in [4.78, 5) is 31.5. The molecule has 2 aromatic rings. The van der Waals surface area contributed by atoms with E-state index < -0.39 is 5.60 Å². The van der Waals surface area contributed by atoms with Gasteiger partial charge in [-0.05, 0) is 52.3 Å². The molecule has 30 heavy (non-hydrogen) atoms. The molecule has 0 radical (unpaired) electrons. The standard InChI is InChI=1S/C22H30N2O5S/c1-14-19(21(26)24(5)12-8-9-18(25)29-22(2,3)4)30-20(23-14)15-10-11-16(27-6)17(13-15)28-7/h10-11,13H,8-9,12H2,1-7H3. The fourth-order valence-corrected chi connectivity index (χ4v) is 3.87. The maximum atomic E-state index is 12.9. The number of aromatic nitrogens is 1. The van der Waals surface area contributed by atoms with E-state index in [9.17, 15) is 9.59 Å². The zero-order chi connectivity index (χ0) is 22.5. The molecule has 2 rings (SSSR count). The van der Waals surface area contributed by atoms with E-state index in [1.807, 2.05) is 45.9 Å². The molecule has 7 nitrogen and oxygen atoms in total. The molecule has 1 amide bonds. The number of amides is 1. The number of methoxy groups -OCH3 is 2. The van der Waals surface area contributed by atoms with Crippen LogP contribution in [0.1, 0.15) is 49.0 Å². The number of esters is 1. The monoisotopic (exact) mass is 434 g/mol. The molecule has 8 heteroatoms. The van der Waals surface area contributed by atoms with Gasteiger partial charge in [0, 0.05) is 25.6 Å². The van der Waals surface area contributed by atoms with Crippen molar-refractivity contribution in [1.29, 1.82) is 0 Å². The van der Waals surface area contributed by atoms with E-state index in [4.69, 9.17) is 14.2 Å². The maximum absolute atomic E-state index is 12.9. The number of hydrogen-bond acceptors (Lipinski definition) is 7. The second kappa shape index (κ2) is 9.93. The Balaban J connectivity index is 2.05. The highest BCUT2D eigenvalue weighted by molar-refractivity contribution is 7.17. The van der Waals surface area contributed by atoms with Crippen LogP contribution < -0.4 is 9.47 Å². The van der Waals surface area contributed by atoms with E-state index in [1.54, 1.807) is 26.2 Å². The Morgan fingerprint density at radius 3 is 2.40 bits per heavy atom. The summed E-state index contributed by atoms with van der Waals surface area (Å²) in [6.45, 7) is 7.79. The molecule has 0 N–H and O–H groups in total. The Morgan fingerprint density at radius 1 is 1.13 bits per heavy atom. The van der Waals surface area contributed by atoms with Gasteiger partial charge < -0.3 is 19.1 Å². The molecule has 1 heterocycles. The predicted octanol–water partition coefficient (Wildman–Crippen LogP) is 4.33. The number of carbonyl (C=O) groups is 2. The van der Waals surface area contributed by atoms with Crippen LogP contribution in [-0.4, -0.2) is 55.2 Å². The Bertz CT molecular complexity index is 901. The second-order valence-corrected chi connectivity index (χ2v) is 8.92. The average Bonchev–Trinajstić information content (AvgIpc) is 3.06. The fraction of sp³-hybridized carbons (Fsp3) is 0.500. The minimum Gasteiger partial charge on any atom is -0.493 e. The average molecular weight is 435 g/mol. The summed E-state index contributed by atoms with van der Waals surface area (Å²) in [6, 6.07) is 5.55. The third kappa shape index (κ3) is 6.19. The highest BCUT2D eigenvalue weighted by atomic mass is 32.1. The van der Waals surface area contributed by atoms with E-state index in [-0.39, 0.29) is 18.3 Å². The second-order valence-electron chi connectivity index (χ2n) is 7.92. The Morgan fingerprint density at radius 2 is 1.80 bits per heavy atom. The predicted molar refractivity (Wildman–Crippen MR) is 117 cm³/mol. The summed E-state index contributed by atoms with van der Waals surface area (Å²) in [5.74, 6) is 0.875. The van der Waals surface area contributed by atoms with Crippen molar-refractivity contribution < 1.29 is 23.8 Å². The van der Waals surface area contributed by atoms with Gasteiger partial charge in [-0.1, -0.05) is 0 Å². The van der Waals surface area contributed by atoms with Crippen LogP contribution in [-0.2, 0) is 9.53 Å². The van der Waals surface area contributed by atoms with Gasteiger partial charge in [0.15, 0.2) is 11.5 Å². The van der Waals surface area contributed by atoms with Crippen LogP contribution in [0.4, 0.5) is 0 Å². The summed E-state index contributed by atoms with van der Waals surface area (Å²) in [7, 11) is 4.89. The lowest BCUT2D eigenvalue weighted by Crippen LogP contribution is -2.29. The third-order valence-electron chi connectivity index (χ3n) is 4.26. The lowest BCUT2D eigenvalue weighted by atomic mass is 10.2. The highest BCUT2D eigenvalue weighted by Crippen LogP contribution is 2.35. The molecule has 0 aliphatic heterocycles. The number of carbonyl (C=O) groups excluding carboxylic acids is 2. The van der Waals surface area contributed by atoms with E-state index in [2.05, 4.69) is 4.98 Å². The van der Waals surface area contributed by atoms with Crippen molar-refractivity contribution in [3.05, 3.63) is 28.8 Å². The molecule has 0 fully saturated rings. The van der Waals surface area contributed by atoms with E-state index in [0.29, 0.717) is 35.0 Å². The topological polar surface area (TPSA) is 78.0 Å². The summed E-state index contributed by atoms with van der Waals surface area (Å²) >= 11 is 1.34. The number of rotatable bonds is 8.